The molecular formula is C19H18ClN5O. The van der Waals surface area contributed by atoms with E-state index in [0.29, 0.717) is 28.6 Å². The van der Waals surface area contributed by atoms with Gasteiger partial charge in [-0.2, -0.15) is 5.26 Å². The number of halogens is 1. The van der Waals surface area contributed by atoms with E-state index in [2.05, 4.69) is 21.4 Å². The minimum Gasteiger partial charge on any atom is -0.351 e. The maximum Gasteiger partial charge on any atom is 0.257 e. The zero-order valence-electron chi connectivity index (χ0n) is 14.6. The van der Waals surface area contributed by atoms with Gasteiger partial charge in [0, 0.05) is 23.3 Å². The molecule has 2 heterocycles. The molecule has 1 aromatic carbocycles. The van der Waals surface area contributed by atoms with Gasteiger partial charge in [-0.3, -0.25) is 4.79 Å². The highest BCUT2D eigenvalue weighted by atomic mass is 35.5. The zero-order chi connectivity index (χ0) is 18.4. The maximum absolute atomic E-state index is 12.3. The van der Waals surface area contributed by atoms with E-state index in [1.165, 1.54) is 0 Å². The normalized spacial score (nSPS) is 18.0. The average molecular weight is 368 g/mol. The van der Waals surface area contributed by atoms with Crippen molar-refractivity contribution in [2.24, 2.45) is 0 Å². The average Bonchev–Trinajstić information content (AvgIpc) is 3.14. The number of hydrogen-bond donors (Lipinski definition) is 1. The van der Waals surface area contributed by atoms with E-state index in [1.54, 1.807) is 17.2 Å². The molecule has 0 spiro atoms. The fraction of sp³-hybridized carbons (Fsp3) is 0.368. The second-order valence-electron chi connectivity index (χ2n) is 7.03. The topological polar surface area (TPSA) is 81.9 Å². The minimum atomic E-state index is -0.0110. The van der Waals surface area contributed by atoms with Gasteiger partial charge in [-0.05, 0) is 49.9 Å². The van der Waals surface area contributed by atoms with Crippen molar-refractivity contribution in [3.05, 3.63) is 51.3 Å². The summed E-state index contributed by atoms with van der Waals surface area (Å²) in [5.41, 5.74) is 4.10. The molecule has 132 valence electrons. The van der Waals surface area contributed by atoms with Crippen LogP contribution in [0.15, 0.2) is 18.3 Å². The van der Waals surface area contributed by atoms with E-state index in [1.807, 2.05) is 19.9 Å². The standard InChI is InChI=1S/C19H18ClN5O/c1-10(2)25-9-17-16(18(25)26)8-22-19(24-17)23-14-5-11-3-13(20)4-12(7-21)15(11)6-14/h3-4,8,10,14H,5-6,9H2,1-2H3,(H,22,23,24). The Labute approximate surface area is 156 Å². The number of nitrogens with zero attached hydrogens (tertiary/aromatic N) is 4. The quantitative estimate of drug-likeness (QED) is 0.901. The molecule has 26 heavy (non-hydrogen) atoms. The number of fused-ring (bicyclic) bond motifs is 2. The number of nitriles is 1. The summed E-state index contributed by atoms with van der Waals surface area (Å²) in [6.07, 6.45) is 3.10. The summed E-state index contributed by atoms with van der Waals surface area (Å²) in [4.78, 5) is 23.0. The van der Waals surface area contributed by atoms with Gasteiger partial charge >= 0.3 is 0 Å². The molecule has 1 amide bonds. The van der Waals surface area contributed by atoms with Crippen molar-refractivity contribution in [3.63, 3.8) is 0 Å². The Morgan fingerprint density at radius 3 is 2.92 bits per heavy atom. The van der Waals surface area contributed by atoms with Gasteiger partial charge in [-0.1, -0.05) is 11.6 Å². The molecule has 1 aliphatic carbocycles. The lowest BCUT2D eigenvalue weighted by Gasteiger charge is -2.19. The first-order valence-corrected chi connectivity index (χ1v) is 8.99. The molecule has 0 saturated heterocycles. The molecule has 0 fully saturated rings. The van der Waals surface area contributed by atoms with Crippen LogP contribution >= 0.6 is 11.6 Å². The molecule has 7 heteroatoms. The first kappa shape index (κ1) is 16.8. The highest BCUT2D eigenvalue weighted by Gasteiger charge is 2.31. The van der Waals surface area contributed by atoms with Gasteiger partial charge in [0.1, 0.15) is 0 Å². The number of benzene rings is 1. The van der Waals surface area contributed by atoms with Crippen molar-refractivity contribution >= 4 is 23.5 Å². The molecule has 1 atom stereocenters. The largest absolute Gasteiger partial charge is 0.351 e. The fourth-order valence-corrected chi connectivity index (χ4v) is 3.92. The van der Waals surface area contributed by atoms with Gasteiger partial charge < -0.3 is 10.2 Å². The molecule has 1 unspecified atom stereocenters. The third-order valence-electron chi connectivity index (χ3n) is 4.98. The summed E-state index contributed by atoms with van der Waals surface area (Å²) in [7, 11) is 0. The summed E-state index contributed by atoms with van der Waals surface area (Å²) < 4.78 is 0. The summed E-state index contributed by atoms with van der Waals surface area (Å²) >= 11 is 6.10. The first-order chi connectivity index (χ1) is 12.5. The second kappa shape index (κ2) is 6.26. The number of aromatic nitrogens is 2. The van der Waals surface area contributed by atoms with Gasteiger partial charge in [0.2, 0.25) is 5.95 Å². The van der Waals surface area contributed by atoms with E-state index >= 15 is 0 Å². The minimum absolute atomic E-state index is 0.0110. The number of nitrogens with one attached hydrogen (secondary N) is 1. The maximum atomic E-state index is 12.3. The predicted octanol–water partition coefficient (Wildman–Crippen LogP) is 2.95. The lowest BCUT2D eigenvalue weighted by molar-refractivity contribution is 0.0730. The van der Waals surface area contributed by atoms with Gasteiger partial charge in [0.15, 0.2) is 0 Å². The van der Waals surface area contributed by atoms with Crippen LogP contribution in [-0.2, 0) is 19.4 Å². The van der Waals surface area contributed by atoms with Crippen LogP contribution in [0.2, 0.25) is 5.02 Å². The Morgan fingerprint density at radius 2 is 2.19 bits per heavy atom. The van der Waals surface area contributed by atoms with Crippen LogP contribution in [0.3, 0.4) is 0 Å². The second-order valence-corrected chi connectivity index (χ2v) is 7.47. The van der Waals surface area contributed by atoms with Gasteiger partial charge in [0.05, 0.1) is 29.4 Å². The molecule has 0 bridgehead atoms. The number of carbonyl (C=O) groups is 1. The van der Waals surface area contributed by atoms with Crippen LogP contribution in [-0.4, -0.2) is 32.9 Å². The predicted molar refractivity (Wildman–Crippen MR) is 98.0 cm³/mol. The molecule has 1 N–H and O–H groups in total. The van der Waals surface area contributed by atoms with Gasteiger partial charge in [0.25, 0.3) is 5.91 Å². The summed E-state index contributed by atoms with van der Waals surface area (Å²) in [6, 6.07) is 6.08. The van der Waals surface area contributed by atoms with Crippen LogP contribution in [0.1, 0.15) is 46.6 Å². The van der Waals surface area contributed by atoms with E-state index in [9.17, 15) is 10.1 Å². The van der Waals surface area contributed by atoms with Crippen molar-refractivity contribution in [3.8, 4) is 6.07 Å². The smallest absolute Gasteiger partial charge is 0.257 e. The zero-order valence-corrected chi connectivity index (χ0v) is 15.3. The van der Waals surface area contributed by atoms with Crippen LogP contribution in [0, 0.1) is 11.3 Å². The Bertz CT molecular complexity index is 950. The molecule has 0 saturated carbocycles. The molecule has 2 aromatic rings. The highest BCUT2D eigenvalue weighted by molar-refractivity contribution is 6.30. The third-order valence-corrected chi connectivity index (χ3v) is 5.20. The van der Waals surface area contributed by atoms with Crippen molar-refractivity contribution < 1.29 is 4.79 Å². The summed E-state index contributed by atoms with van der Waals surface area (Å²) in [6.45, 7) is 4.50. The van der Waals surface area contributed by atoms with Crippen LogP contribution in [0.5, 0.6) is 0 Å². The molecule has 4 rings (SSSR count). The fourth-order valence-electron chi connectivity index (χ4n) is 3.68. The van der Waals surface area contributed by atoms with E-state index in [0.717, 1.165) is 29.7 Å². The van der Waals surface area contributed by atoms with E-state index < -0.39 is 0 Å². The Balaban J connectivity index is 1.53. The molecule has 1 aliphatic heterocycles. The lowest BCUT2D eigenvalue weighted by atomic mass is 10.0. The van der Waals surface area contributed by atoms with Crippen LogP contribution in [0.4, 0.5) is 5.95 Å². The van der Waals surface area contributed by atoms with Crippen LogP contribution < -0.4 is 5.32 Å². The molecule has 2 aliphatic rings. The van der Waals surface area contributed by atoms with E-state index in [4.69, 9.17) is 11.6 Å². The summed E-state index contributed by atoms with van der Waals surface area (Å²) in [5, 5.41) is 13.2. The summed E-state index contributed by atoms with van der Waals surface area (Å²) in [5.74, 6) is 0.507. The number of hydrogen-bond acceptors (Lipinski definition) is 5. The number of carbonyl (C=O) groups excluding carboxylic acids is 1. The number of anilines is 1. The van der Waals surface area contributed by atoms with Crippen molar-refractivity contribution in [2.45, 2.75) is 45.3 Å². The van der Waals surface area contributed by atoms with E-state index in [-0.39, 0.29) is 18.0 Å². The molecular weight excluding hydrogens is 350 g/mol. The first-order valence-electron chi connectivity index (χ1n) is 8.61. The molecule has 1 aromatic heterocycles. The SMILES string of the molecule is CC(C)N1Cc2nc(NC3Cc4cc(Cl)cc(C#N)c4C3)ncc2C1=O. The number of rotatable bonds is 3. The monoisotopic (exact) mass is 367 g/mol. The Hall–Kier alpha value is -2.65. The Morgan fingerprint density at radius 1 is 1.38 bits per heavy atom. The lowest BCUT2D eigenvalue weighted by Crippen LogP contribution is -2.30. The number of amides is 1. The molecule has 6 nitrogen and oxygen atoms in total. The van der Waals surface area contributed by atoms with Crippen molar-refractivity contribution in [1.82, 2.24) is 14.9 Å². The van der Waals surface area contributed by atoms with Gasteiger partial charge in [-0.25, -0.2) is 9.97 Å². The Kier molecular flexibility index (Phi) is 4.04. The van der Waals surface area contributed by atoms with Crippen molar-refractivity contribution in [1.29, 1.82) is 5.26 Å². The van der Waals surface area contributed by atoms with Gasteiger partial charge in [-0.15, -0.1) is 0 Å². The van der Waals surface area contributed by atoms with Crippen LogP contribution in [0.25, 0.3) is 0 Å². The molecule has 0 radical (unpaired) electrons. The highest BCUT2D eigenvalue weighted by Crippen LogP contribution is 2.30. The third kappa shape index (κ3) is 2.78. The van der Waals surface area contributed by atoms with Crippen molar-refractivity contribution in [2.75, 3.05) is 5.32 Å².